The average molecular weight is 206 g/mol. The second-order valence-electron chi connectivity index (χ2n) is 3.73. The van der Waals surface area contributed by atoms with Gasteiger partial charge in [-0.2, -0.15) is 0 Å². The van der Waals surface area contributed by atoms with Gasteiger partial charge in [-0.05, 0) is 25.5 Å². The molecule has 4 nitrogen and oxygen atoms in total. The van der Waals surface area contributed by atoms with Crippen molar-refractivity contribution in [3.8, 4) is 0 Å². The largest absolute Gasteiger partial charge is 0.389 e. The molecule has 0 aliphatic heterocycles. The van der Waals surface area contributed by atoms with E-state index in [0.717, 1.165) is 17.0 Å². The Morgan fingerprint density at radius 2 is 2.40 bits per heavy atom. The average Bonchev–Trinajstić information content (AvgIpc) is 2.76. The van der Waals surface area contributed by atoms with Gasteiger partial charge in [0.05, 0.1) is 18.3 Å². The van der Waals surface area contributed by atoms with Crippen molar-refractivity contribution >= 4 is 0 Å². The highest BCUT2D eigenvalue weighted by Gasteiger charge is 2.05. The minimum atomic E-state index is -0.428. The minimum absolute atomic E-state index is 0.428. The molecule has 15 heavy (non-hydrogen) atoms. The standard InChI is InChI=1S/C11H14N2O2/c1-8-5-11(15-12-8)7-13-4-3-10(6-13)9(2)14/h3-6,9,14H,7H2,1-2H3. The van der Waals surface area contributed by atoms with E-state index in [2.05, 4.69) is 5.16 Å². The number of aliphatic hydroxyl groups is 1. The van der Waals surface area contributed by atoms with Crippen molar-refractivity contribution in [3.05, 3.63) is 41.5 Å². The van der Waals surface area contributed by atoms with E-state index >= 15 is 0 Å². The monoisotopic (exact) mass is 206 g/mol. The predicted molar refractivity (Wildman–Crippen MR) is 55.4 cm³/mol. The van der Waals surface area contributed by atoms with E-state index in [4.69, 9.17) is 4.52 Å². The number of aryl methyl sites for hydroxylation is 1. The fourth-order valence-electron chi connectivity index (χ4n) is 1.48. The molecule has 0 radical (unpaired) electrons. The molecule has 2 heterocycles. The van der Waals surface area contributed by atoms with Gasteiger partial charge in [-0.1, -0.05) is 5.16 Å². The van der Waals surface area contributed by atoms with Crippen LogP contribution in [0.3, 0.4) is 0 Å². The maximum absolute atomic E-state index is 9.36. The van der Waals surface area contributed by atoms with Gasteiger partial charge in [-0.3, -0.25) is 0 Å². The highest BCUT2D eigenvalue weighted by molar-refractivity contribution is 5.14. The Hall–Kier alpha value is -1.55. The highest BCUT2D eigenvalue weighted by Crippen LogP contribution is 2.13. The van der Waals surface area contributed by atoms with Crippen molar-refractivity contribution in [1.29, 1.82) is 0 Å². The smallest absolute Gasteiger partial charge is 0.156 e. The first-order valence-electron chi connectivity index (χ1n) is 4.91. The van der Waals surface area contributed by atoms with Crippen molar-refractivity contribution in [3.63, 3.8) is 0 Å². The number of nitrogens with zero attached hydrogens (tertiary/aromatic N) is 2. The summed E-state index contributed by atoms with van der Waals surface area (Å²) in [5.74, 6) is 0.820. The first-order valence-corrected chi connectivity index (χ1v) is 4.91. The van der Waals surface area contributed by atoms with Crippen LogP contribution in [0.25, 0.3) is 0 Å². The van der Waals surface area contributed by atoms with Gasteiger partial charge in [0.1, 0.15) is 0 Å². The zero-order valence-corrected chi connectivity index (χ0v) is 8.84. The van der Waals surface area contributed by atoms with Crippen LogP contribution in [0, 0.1) is 6.92 Å². The molecule has 1 atom stereocenters. The predicted octanol–water partition coefficient (Wildman–Crippen LogP) is 1.89. The molecule has 0 aliphatic rings. The van der Waals surface area contributed by atoms with E-state index in [1.54, 1.807) is 6.92 Å². The fourth-order valence-corrected chi connectivity index (χ4v) is 1.48. The fraction of sp³-hybridized carbons (Fsp3) is 0.364. The molecular weight excluding hydrogens is 192 g/mol. The molecule has 4 heteroatoms. The third kappa shape index (κ3) is 2.27. The summed E-state index contributed by atoms with van der Waals surface area (Å²) in [5, 5.41) is 13.2. The van der Waals surface area contributed by atoms with Gasteiger partial charge in [0, 0.05) is 18.5 Å². The molecular formula is C11H14N2O2. The van der Waals surface area contributed by atoms with E-state index in [-0.39, 0.29) is 0 Å². The molecule has 0 amide bonds. The first-order chi connectivity index (χ1) is 7.15. The van der Waals surface area contributed by atoms with E-state index in [9.17, 15) is 5.11 Å². The lowest BCUT2D eigenvalue weighted by atomic mass is 10.2. The van der Waals surface area contributed by atoms with E-state index in [0.29, 0.717) is 6.54 Å². The summed E-state index contributed by atoms with van der Waals surface area (Å²) in [6.45, 7) is 4.29. The van der Waals surface area contributed by atoms with Crippen LogP contribution in [0.5, 0.6) is 0 Å². The number of aromatic nitrogens is 2. The third-order valence-corrected chi connectivity index (χ3v) is 2.27. The Morgan fingerprint density at radius 3 is 2.93 bits per heavy atom. The van der Waals surface area contributed by atoms with Crippen molar-refractivity contribution in [2.45, 2.75) is 26.5 Å². The summed E-state index contributed by atoms with van der Waals surface area (Å²) >= 11 is 0. The SMILES string of the molecule is Cc1cc(Cn2ccc(C(C)O)c2)on1. The van der Waals surface area contributed by atoms with E-state index in [1.165, 1.54) is 0 Å². The first kappa shape index (κ1) is 9.98. The second-order valence-corrected chi connectivity index (χ2v) is 3.73. The molecule has 0 aromatic carbocycles. The Balaban J connectivity index is 2.11. The van der Waals surface area contributed by atoms with Crippen LogP contribution in [0.15, 0.2) is 29.0 Å². The molecule has 0 spiro atoms. The Labute approximate surface area is 88.1 Å². The van der Waals surface area contributed by atoms with Gasteiger partial charge in [-0.15, -0.1) is 0 Å². The van der Waals surface area contributed by atoms with Gasteiger partial charge in [0.15, 0.2) is 5.76 Å². The van der Waals surface area contributed by atoms with Crippen LogP contribution >= 0.6 is 0 Å². The summed E-state index contributed by atoms with van der Waals surface area (Å²) in [6, 6.07) is 3.80. The summed E-state index contributed by atoms with van der Waals surface area (Å²) in [4.78, 5) is 0. The molecule has 0 saturated heterocycles. The topological polar surface area (TPSA) is 51.2 Å². The molecule has 80 valence electrons. The molecule has 1 N–H and O–H groups in total. The number of hydrogen-bond acceptors (Lipinski definition) is 3. The van der Waals surface area contributed by atoms with Crippen LogP contribution in [-0.2, 0) is 6.54 Å². The van der Waals surface area contributed by atoms with Crippen LogP contribution in [0.1, 0.15) is 30.0 Å². The molecule has 2 rings (SSSR count). The van der Waals surface area contributed by atoms with Crippen molar-refractivity contribution in [1.82, 2.24) is 9.72 Å². The maximum atomic E-state index is 9.36. The summed E-state index contributed by atoms with van der Waals surface area (Å²) in [7, 11) is 0. The lowest BCUT2D eigenvalue weighted by molar-refractivity contribution is 0.199. The zero-order valence-electron chi connectivity index (χ0n) is 8.84. The van der Waals surface area contributed by atoms with Crippen LogP contribution in [0.2, 0.25) is 0 Å². The maximum Gasteiger partial charge on any atom is 0.156 e. The van der Waals surface area contributed by atoms with Crippen molar-refractivity contribution < 1.29 is 9.63 Å². The molecule has 0 saturated carbocycles. The zero-order chi connectivity index (χ0) is 10.8. The molecule has 2 aromatic rings. The van der Waals surface area contributed by atoms with Crippen LogP contribution in [0.4, 0.5) is 0 Å². The lowest BCUT2D eigenvalue weighted by Crippen LogP contribution is -1.95. The highest BCUT2D eigenvalue weighted by atomic mass is 16.5. The number of hydrogen-bond donors (Lipinski definition) is 1. The Bertz CT molecular complexity index is 443. The van der Waals surface area contributed by atoms with Gasteiger partial charge in [0.2, 0.25) is 0 Å². The minimum Gasteiger partial charge on any atom is -0.389 e. The summed E-state index contributed by atoms with van der Waals surface area (Å²) in [6.07, 6.45) is 3.39. The Kier molecular flexibility index (Phi) is 2.60. The molecule has 0 fully saturated rings. The molecule has 0 bridgehead atoms. The van der Waals surface area contributed by atoms with Crippen LogP contribution < -0.4 is 0 Å². The quantitative estimate of drug-likeness (QED) is 0.834. The number of rotatable bonds is 3. The third-order valence-electron chi connectivity index (χ3n) is 2.27. The van der Waals surface area contributed by atoms with Gasteiger partial charge >= 0.3 is 0 Å². The molecule has 2 aromatic heterocycles. The summed E-state index contributed by atoms with van der Waals surface area (Å²) < 4.78 is 7.06. The molecule has 0 aliphatic carbocycles. The van der Waals surface area contributed by atoms with Crippen LogP contribution in [-0.4, -0.2) is 14.8 Å². The van der Waals surface area contributed by atoms with Crippen molar-refractivity contribution in [2.75, 3.05) is 0 Å². The summed E-state index contributed by atoms with van der Waals surface area (Å²) in [5.41, 5.74) is 1.79. The lowest BCUT2D eigenvalue weighted by Gasteiger charge is -1.99. The second kappa shape index (κ2) is 3.90. The normalized spacial score (nSPS) is 13.0. The Morgan fingerprint density at radius 1 is 1.60 bits per heavy atom. The molecule has 1 unspecified atom stereocenters. The van der Waals surface area contributed by atoms with Gasteiger partial charge < -0.3 is 14.2 Å². The van der Waals surface area contributed by atoms with E-state index < -0.39 is 6.10 Å². The number of aliphatic hydroxyl groups excluding tert-OH is 1. The van der Waals surface area contributed by atoms with E-state index in [1.807, 2.05) is 36.0 Å². The van der Waals surface area contributed by atoms with Gasteiger partial charge in [-0.25, -0.2) is 0 Å². The van der Waals surface area contributed by atoms with Crippen molar-refractivity contribution in [2.24, 2.45) is 0 Å². The van der Waals surface area contributed by atoms with Gasteiger partial charge in [0.25, 0.3) is 0 Å².